The molecule has 0 bridgehead atoms. The molecule has 4 rings (SSSR count). The van der Waals surface area contributed by atoms with E-state index in [0.717, 1.165) is 12.1 Å². The SMILES string of the molecule is Cc1ccc(-c2ccn3nc(N)nc3c2)c(F)c1C(=O)NC[C@@H](F)[C@](C)(O)c1ccc(F)cc1. The number of pyridine rings is 1. The molecular formula is C24H22F3N5O2. The van der Waals surface area contributed by atoms with Crippen LogP contribution in [-0.4, -0.2) is 38.3 Å². The zero-order valence-electron chi connectivity index (χ0n) is 18.4. The van der Waals surface area contributed by atoms with Crippen LogP contribution in [0.3, 0.4) is 0 Å². The van der Waals surface area contributed by atoms with E-state index in [-0.39, 0.29) is 22.6 Å². The van der Waals surface area contributed by atoms with Crippen molar-refractivity contribution in [1.82, 2.24) is 19.9 Å². The number of carbonyl (C=O) groups excluding carboxylic acids is 1. The number of aromatic nitrogens is 3. The van der Waals surface area contributed by atoms with Crippen LogP contribution in [0.25, 0.3) is 16.8 Å². The van der Waals surface area contributed by atoms with Gasteiger partial charge in [-0.25, -0.2) is 17.7 Å². The molecule has 10 heteroatoms. The highest BCUT2D eigenvalue weighted by atomic mass is 19.1. The number of nitrogens with one attached hydrogen (secondary N) is 1. The number of benzene rings is 2. The lowest BCUT2D eigenvalue weighted by Crippen LogP contribution is -2.42. The van der Waals surface area contributed by atoms with Crippen molar-refractivity contribution in [3.8, 4) is 11.1 Å². The maximum Gasteiger partial charge on any atom is 0.254 e. The summed E-state index contributed by atoms with van der Waals surface area (Å²) < 4.78 is 44.9. The molecule has 2 atom stereocenters. The number of aliphatic hydroxyl groups is 1. The van der Waals surface area contributed by atoms with Crippen LogP contribution in [-0.2, 0) is 5.60 Å². The third kappa shape index (κ3) is 4.32. The highest BCUT2D eigenvalue weighted by Gasteiger charge is 2.34. The smallest absolute Gasteiger partial charge is 0.254 e. The minimum Gasteiger partial charge on any atom is -0.382 e. The fourth-order valence-electron chi connectivity index (χ4n) is 3.68. The fourth-order valence-corrected chi connectivity index (χ4v) is 3.68. The van der Waals surface area contributed by atoms with E-state index >= 15 is 4.39 Å². The summed E-state index contributed by atoms with van der Waals surface area (Å²) in [4.78, 5) is 16.9. The van der Waals surface area contributed by atoms with Crippen molar-refractivity contribution in [3.05, 3.63) is 83.1 Å². The lowest BCUT2D eigenvalue weighted by molar-refractivity contribution is -0.0229. The third-order valence-corrected chi connectivity index (χ3v) is 5.72. The molecule has 0 spiro atoms. The van der Waals surface area contributed by atoms with Crippen molar-refractivity contribution in [1.29, 1.82) is 0 Å². The van der Waals surface area contributed by atoms with E-state index in [9.17, 15) is 18.7 Å². The molecule has 176 valence electrons. The number of carbonyl (C=O) groups is 1. The predicted molar refractivity (Wildman–Crippen MR) is 121 cm³/mol. The fraction of sp³-hybridized carbons (Fsp3) is 0.208. The number of aryl methyl sites for hydroxylation is 1. The minimum absolute atomic E-state index is 0.0684. The summed E-state index contributed by atoms with van der Waals surface area (Å²) in [6.45, 7) is 2.19. The summed E-state index contributed by atoms with van der Waals surface area (Å²) >= 11 is 0. The first-order chi connectivity index (χ1) is 16.1. The summed E-state index contributed by atoms with van der Waals surface area (Å²) in [5.74, 6) is -2.07. The molecule has 2 heterocycles. The first-order valence-corrected chi connectivity index (χ1v) is 10.4. The number of nitrogens with two attached hydrogens (primary N) is 1. The summed E-state index contributed by atoms with van der Waals surface area (Å²) in [7, 11) is 0. The van der Waals surface area contributed by atoms with Crippen LogP contribution >= 0.6 is 0 Å². The molecule has 0 aliphatic carbocycles. The second-order valence-electron chi connectivity index (χ2n) is 8.14. The van der Waals surface area contributed by atoms with Gasteiger partial charge < -0.3 is 16.2 Å². The number of hydrogen-bond acceptors (Lipinski definition) is 5. The Bertz CT molecular complexity index is 1370. The third-order valence-electron chi connectivity index (χ3n) is 5.72. The molecule has 0 radical (unpaired) electrons. The van der Waals surface area contributed by atoms with Crippen molar-refractivity contribution in [2.45, 2.75) is 25.6 Å². The number of hydrogen-bond donors (Lipinski definition) is 3. The molecule has 2 aromatic carbocycles. The number of rotatable bonds is 6. The quantitative estimate of drug-likeness (QED) is 0.401. The maximum absolute atomic E-state index is 15.4. The highest BCUT2D eigenvalue weighted by molar-refractivity contribution is 5.97. The summed E-state index contributed by atoms with van der Waals surface area (Å²) in [5, 5.41) is 16.9. The summed E-state index contributed by atoms with van der Waals surface area (Å²) in [6.07, 6.45) is -0.368. The largest absolute Gasteiger partial charge is 0.382 e. The van der Waals surface area contributed by atoms with Crippen LogP contribution < -0.4 is 11.1 Å². The van der Waals surface area contributed by atoms with Crippen LogP contribution in [0.2, 0.25) is 0 Å². The van der Waals surface area contributed by atoms with E-state index in [2.05, 4.69) is 15.4 Å². The molecule has 0 saturated heterocycles. The van der Waals surface area contributed by atoms with Crippen molar-refractivity contribution in [2.75, 3.05) is 12.3 Å². The average Bonchev–Trinajstić information content (AvgIpc) is 3.17. The van der Waals surface area contributed by atoms with Gasteiger partial charge in [0.15, 0.2) is 5.65 Å². The van der Waals surface area contributed by atoms with E-state index in [1.54, 1.807) is 31.3 Å². The Kier molecular flexibility index (Phi) is 6.01. The van der Waals surface area contributed by atoms with E-state index in [1.807, 2.05) is 0 Å². The Hall–Kier alpha value is -3.92. The van der Waals surface area contributed by atoms with Gasteiger partial charge in [-0.15, -0.1) is 5.10 Å². The van der Waals surface area contributed by atoms with E-state index in [1.165, 1.54) is 29.6 Å². The Morgan fingerprint density at radius 1 is 1.21 bits per heavy atom. The Labute approximate surface area is 193 Å². The Balaban J connectivity index is 1.56. The standard InChI is InChI=1S/C24H22F3N5O2/c1-13-3-8-17(14-9-10-32-19(11-14)30-23(28)31-32)21(27)20(13)22(33)29-12-18(26)24(2,34)15-4-6-16(25)7-5-15/h3-11,18,34H,12H2,1-2H3,(H2,28,31)(H,29,33)/t18-,24-/m1/s1. The molecule has 34 heavy (non-hydrogen) atoms. The molecule has 0 aliphatic heterocycles. The average molecular weight is 469 g/mol. The van der Waals surface area contributed by atoms with Gasteiger partial charge in [0.05, 0.1) is 12.1 Å². The van der Waals surface area contributed by atoms with E-state index in [4.69, 9.17) is 5.73 Å². The van der Waals surface area contributed by atoms with Gasteiger partial charge in [0.25, 0.3) is 5.91 Å². The molecule has 0 unspecified atom stereocenters. The van der Waals surface area contributed by atoms with Gasteiger partial charge in [0, 0.05) is 11.8 Å². The Morgan fingerprint density at radius 3 is 2.62 bits per heavy atom. The van der Waals surface area contributed by atoms with Gasteiger partial charge >= 0.3 is 0 Å². The second kappa shape index (κ2) is 8.79. The number of amides is 1. The lowest BCUT2D eigenvalue weighted by atomic mass is 9.91. The number of halogens is 3. The van der Waals surface area contributed by atoms with E-state index < -0.39 is 35.9 Å². The number of nitrogen functional groups attached to an aromatic ring is 1. The Morgan fingerprint density at radius 2 is 1.91 bits per heavy atom. The number of anilines is 1. The molecule has 0 aliphatic rings. The van der Waals surface area contributed by atoms with Crippen LogP contribution in [0.1, 0.15) is 28.4 Å². The van der Waals surface area contributed by atoms with Gasteiger partial charge in [0.2, 0.25) is 5.95 Å². The predicted octanol–water partition coefficient (Wildman–Crippen LogP) is 3.54. The van der Waals surface area contributed by atoms with Gasteiger partial charge in [-0.1, -0.05) is 24.3 Å². The van der Waals surface area contributed by atoms with Crippen molar-refractivity contribution in [2.24, 2.45) is 0 Å². The molecule has 4 N–H and O–H groups in total. The maximum atomic E-state index is 15.4. The van der Waals surface area contributed by atoms with Gasteiger partial charge in [0.1, 0.15) is 23.4 Å². The first kappa shape index (κ1) is 23.2. The van der Waals surface area contributed by atoms with Crippen molar-refractivity contribution >= 4 is 17.5 Å². The normalized spacial score (nSPS) is 14.1. The number of nitrogens with zero attached hydrogens (tertiary/aromatic N) is 3. The minimum atomic E-state index is -1.99. The van der Waals surface area contributed by atoms with Gasteiger partial charge in [-0.2, -0.15) is 4.98 Å². The molecule has 1 amide bonds. The van der Waals surface area contributed by atoms with Crippen LogP contribution in [0.4, 0.5) is 19.1 Å². The lowest BCUT2D eigenvalue weighted by Gasteiger charge is -2.28. The zero-order valence-corrected chi connectivity index (χ0v) is 18.4. The molecule has 7 nitrogen and oxygen atoms in total. The summed E-state index contributed by atoms with van der Waals surface area (Å²) in [5.41, 5.74) is 4.86. The van der Waals surface area contributed by atoms with Gasteiger partial charge in [-0.3, -0.25) is 4.79 Å². The van der Waals surface area contributed by atoms with Crippen LogP contribution in [0.15, 0.2) is 54.7 Å². The number of fused-ring (bicyclic) bond motifs is 1. The molecule has 4 aromatic rings. The van der Waals surface area contributed by atoms with Crippen molar-refractivity contribution in [3.63, 3.8) is 0 Å². The topological polar surface area (TPSA) is 106 Å². The number of alkyl halides is 1. The molecular weight excluding hydrogens is 447 g/mol. The zero-order chi connectivity index (χ0) is 24.6. The highest BCUT2D eigenvalue weighted by Crippen LogP contribution is 2.29. The van der Waals surface area contributed by atoms with E-state index in [0.29, 0.717) is 16.8 Å². The van der Waals surface area contributed by atoms with Crippen LogP contribution in [0, 0.1) is 18.6 Å². The first-order valence-electron chi connectivity index (χ1n) is 10.4. The molecule has 0 fully saturated rings. The molecule has 0 saturated carbocycles. The van der Waals surface area contributed by atoms with Gasteiger partial charge in [-0.05, 0) is 54.8 Å². The van der Waals surface area contributed by atoms with Crippen LogP contribution in [0.5, 0.6) is 0 Å². The summed E-state index contributed by atoms with van der Waals surface area (Å²) in [6, 6.07) is 11.0. The molecule has 2 aromatic heterocycles. The second-order valence-corrected chi connectivity index (χ2v) is 8.14. The van der Waals surface area contributed by atoms with Crippen molar-refractivity contribution < 1.29 is 23.1 Å². The monoisotopic (exact) mass is 469 g/mol.